The van der Waals surface area contributed by atoms with E-state index in [0.29, 0.717) is 5.76 Å². The Morgan fingerprint density at radius 3 is 2.48 bits per heavy atom. The molecule has 2 aliphatic heterocycles. The molecule has 6 heteroatoms. The summed E-state index contributed by atoms with van der Waals surface area (Å²) >= 11 is 0. The number of hydrogen-bond donors (Lipinski definition) is 1. The van der Waals surface area contributed by atoms with Crippen LogP contribution in [-0.2, 0) is 4.79 Å². The molecule has 2 saturated heterocycles. The van der Waals surface area contributed by atoms with Gasteiger partial charge in [0.2, 0.25) is 0 Å². The average molecular weight is 289 g/mol. The molecule has 0 aromatic carbocycles. The second-order valence-corrected chi connectivity index (χ2v) is 5.43. The van der Waals surface area contributed by atoms with E-state index in [2.05, 4.69) is 10.2 Å². The van der Waals surface area contributed by atoms with Crippen molar-refractivity contribution in [3.05, 3.63) is 23.6 Å². The number of nitrogens with zero attached hydrogens (tertiary/aromatic N) is 2. The Bertz CT molecular complexity index is 583. The molecule has 2 aliphatic rings. The first-order valence-electron chi connectivity index (χ1n) is 7.31. The molecule has 1 N–H and O–H groups in total. The molecule has 112 valence electrons. The number of likely N-dealkylation sites (N-methyl/N-ethyl adjacent to an activating group) is 1. The van der Waals surface area contributed by atoms with Crippen molar-refractivity contribution in [3.8, 4) is 0 Å². The summed E-state index contributed by atoms with van der Waals surface area (Å²) in [6.07, 6.45) is 6.46. The number of carbonyl (C=O) groups excluding carboxylic acids is 2. The van der Waals surface area contributed by atoms with E-state index < -0.39 is 6.03 Å². The molecule has 3 heterocycles. The van der Waals surface area contributed by atoms with Crippen LogP contribution >= 0.6 is 0 Å². The lowest BCUT2D eigenvalue weighted by molar-refractivity contribution is -0.121. The Morgan fingerprint density at radius 1 is 1.14 bits per heavy atom. The van der Waals surface area contributed by atoms with E-state index in [1.807, 2.05) is 12.1 Å². The molecule has 1 aromatic heterocycles. The minimum absolute atomic E-state index is 0.249. The molecule has 21 heavy (non-hydrogen) atoms. The maximum atomic E-state index is 11.8. The largest absolute Gasteiger partial charge is 0.441 e. The zero-order chi connectivity index (χ0) is 14.8. The molecule has 3 amide bonds. The van der Waals surface area contributed by atoms with Gasteiger partial charge in [0.15, 0.2) is 5.88 Å². The van der Waals surface area contributed by atoms with E-state index in [0.717, 1.165) is 23.9 Å². The van der Waals surface area contributed by atoms with E-state index >= 15 is 0 Å². The van der Waals surface area contributed by atoms with Gasteiger partial charge < -0.3 is 14.6 Å². The van der Waals surface area contributed by atoms with Crippen molar-refractivity contribution in [2.45, 2.75) is 25.7 Å². The number of furan rings is 1. The number of imide groups is 1. The molecule has 0 spiro atoms. The van der Waals surface area contributed by atoms with E-state index in [9.17, 15) is 9.59 Å². The van der Waals surface area contributed by atoms with Crippen LogP contribution in [0.5, 0.6) is 0 Å². The standard InChI is InChI=1S/C15H19N3O3/c1-17-14(19)12(16-15(17)20)10-11-6-7-13(21-11)18-8-4-2-3-5-9-18/h6-7,10H,2-5,8-9H2,1H3,(H,16,20)/b12-10+. The topological polar surface area (TPSA) is 65.8 Å². The molecular weight excluding hydrogens is 270 g/mol. The van der Waals surface area contributed by atoms with E-state index in [-0.39, 0.29) is 11.6 Å². The van der Waals surface area contributed by atoms with E-state index in [4.69, 9.17) is 4.42 Å². The number of urea groups is 1. The van der Waals surface area contributed by atoms with Crippen molar-refractivity contribution in [2.24, 2.45) is 0 Å². The smallest absolute Gasteiger partial charge is 0.328 e. The van der Waals surface area contributed by atoms with Crippen LogP contribution in [0.15, 0.2) is 22.2 Å². The van der Waals surface area contributed by atoms with Crippen LogP contribution in [0.1, 0.15) is 31.4 Å². The molecule has 0 unspecified atom stereocenters. The normalized spacial score (nSPS) is 21.9. The Kier molecular flexibility index (Phi) is 3.68. The first-order chi connectivity index (χ1) is 10.1. The molecule has 0 saturated carbocycles. The Hall–Kier alpha value is -2.24. The van der Waals surface area contributed by atoms with Crippen molar-refractivity contribution in [1.29, 1.82) is 0 Å². The van der Waals surface area contributed by atoms with Crippen molar-refractivity contribution in [1.82, 2.24) is 10.2 Å². The van der Waals surface area contributed by atoms with Gasteiger partial charge in [-0.1, -0.05) is 12.8 Å². The van der Waals surface area contributed by atoms with Crippen LogP contribution in [0.2, 0.25) is 0 Å². The molecule has 0 atom stereocenters. The van der Waals surface area contributed by atoms with E-state index in [1.165, 1.54) is 32.7 Å². The van der Waals surface area contributed by atoms with Gasteiger partial charge in [-0.05, 0) is 18.9 Å². The van der Waals surface area contributed by atoms with Crippen molar-refractivity contribution < 1.29 is 14.0 Å². The molecule has 1 aromatic rings. The maximum Gasteiger partial charge on any atom is 0.328 e. The summed E-state index contributed by atoms with van der Waals surface area (Å²) in [6, 6.07) is 3.33. The SMILES string of the molecule is CN1C(=O)N/C(=C/c2ccc(N3CCCCCC3)o2)C1=O. The highest BCUT2D eigenvalue weighted by Gasteiger charge is 2.30. The van der Waals surface area contributed by atoms with Gasteiger partial charge in [-0.2, -0.15) is 0 Å². The van der Waals surface area contributed by atoms with Crippen LogP contribution in [0, 0.1) is 0 Å². The summed E-state index contributed by atoms with van der Waals surface area (Å²) in [5.74, 6) is 1.06. The third-order valence-electron chi connectivity index (χ3n) is 3.90. The Balaban J connectivity index is 1.76. The van der Waals surface area contributed by atoms with Gasteiger partial charge in [-0.15, -0.1) is 0 Å². The lowest BCUT2D eigenvalue weighted by atomic mass is 10.2. The fourth-order valence-electron chi connectivity index (χ4n) is 2.65. The summed E-state index contributed by atoms with van der Waals surface area (Å²) in [6.45, 7) is 2.00. The predicted octanol–water partition coefficient (Wildman–Crippen LogP) is 2.18. The van der Waals surface area contributed by atoms with Crippen molar-refractivity contribution in [3.63, 3.8) is 0 Å². The second kappa shape index (κ2) is 5.63. The molecule has 3 rings (SSSR count). The number of nitrogens with one attached hydrogen (secondary N) is 1. The molecule has 2 fully saturated rings. The van der Waals surface area contributed by atoms with Gasteiger partial charge >= 0.3 is 6.03 Å². The lowest BCUT2D eigenvalue weighted by Gasteiger charge is -2.18. The highest BCUT2D eigenvalue weighted by atomic mass is 16.4. The van der Waals surface area contributed by atoms with Crippen LogP contribution in [0.4, 0.5) is 10.7 Å². The van der Waals surface area contributed by atoms with Gasteiger partial charge in [0.25, 0.3) is 5.91 Å². The zero-order valence-electron chi connectivity index (χ0n) is 12.1. The van der Waals surface area contributed by atoms with Crippen LogP contribution < -0.4 is 10.2 Å². The lowest BCUT2D eigenvalue weighted by Crippen LogP contribution is -2.25. The number of carbonyl (C=O) groups is 2. The van der Waals surface area contributed by atoms with E-state index in [1.54, 1.807) is 6.08 Å². The molecule has 0 bridgehead atoms. The average Bonchev–Trinajstić information content (AvgIpc) is 2.89. The molecule has 0 aliphatic carbocycles. The van der Waals surface area contributed by atoms with Gasteiger partial charge in [-0.25, -0.2) is 4.79 Å². The maximum absolute atomic E-state index is 11.8. The van der Waals surface area contributed by atoms with Gasteiger partial charge in [0, 0.05) is 32.3 Å². The molecule has 6 nitrogen and oxygen atoms in total. The van der Waals surface area contributed by atoms with Crippen LogP contribution in [0.3, 0.4) is 0 Å². The third-order valence-corrected chi connectivity index (χ3v) is 3.90. The fourth-order valence-corrected chi connectivity index (χ4v) is 2.65. The van der Waals surface area contributed by atoms with Gasteiger partial charge in [0.1, 0.15) is 11.5 Å². The summed E-state index contributed by atoms with van der Waals surface area (Å²) in [5.41, 5.74) is 0.249. The van der Waals surface area contributed by atoms with Crippen molar-refractivity contribution >= 4 is 23.9 Å². The number of rotatable bonds is 2. The summed E-state index contributed by atoms with van der Waals surface area (Å²) in [5, 5.41) is 2.53. The number of hydrogen-bond acceptors (Lipinski definition) is 4. The Morgan fingerprint density at radius 2 is 1.86 bits per heavy atom. The minimum atomic E-state index is -0.412. The minimum Gasteiger partial charge on any atom is -0.441 e. The first kappa shape index (κ1) is 13.7. The summed E-state index contributed by atoms with van der Waals surface area (Å²) in [7, 11) is 1.45. The zero-order valence-corrected chi connectivity index (χ0v) is 12.1. The fraction of sp³-hybridized carbons (Fsp3) is 0.467. The van der Waals surface area contributed by atoms with Crippen molar-refractivity contribution in [2.75, 3.05) is 25.0 Å². The van der Waals surface area contributed by atoms with Gasteiger partial charge in [0.05, 0.1) is 0 Å². The summed E-state index contributed by atoms with van der Waals surface area (Å²) in [4.78, 5) is 26.5. The highest BCUT2D eigenvalue weighted by Crippen LogP contribution is 2.24. The predicted molar refractivity (Wildman–Crippen MR) is 78.7 cm³/mol. The summed E-state index contributed by atoms with van der Waals surface area (Å²) < 4.78 is 5.79. The molecule has 0 radical (unpaired) electrons. The number of amides is 3. The number of anilines is 1. The van der Waals surface area contributed by atoms with Gasteiger partial charge in [-0.3, -0.25) is 9.69 Å². The quantitative estimate of drug-likeness (QED) is 0.669. The van der Waals surface area contributed by atoms with Crippen LogP contribution in [0.25, 0.3) is 6.08 Å². The highest BCUT2D eigenvalue weighted by molar-refractivity contribution is 6.13. The Labute approximate surface area is 123 Å². The second-order valence-electron chi connectivity index (χ2n) is 5.43. The van der Waals surface area contributed by atoms with Crippen LogP contribution in [-0.4, -0.2) is 37.0 Å². The molecular formula is C15H19N3O3. The first-order valence-corrected chi connectivity index (χ1v) is 7.31. The third kappa shape index (κ3) is 2.79. The monoisotopic (exact) mass is 289 g/mol.